The molecule has 3 N–H and O–H groups in total. The molecule has 1 aliphatic carbocycles. The molecule has 0 aromatic carbocycles. The lowest BCUT2D eigenvalue weighted by Gasteiger charge is -2.26. The fourth-order valence-corrected chi connectivity index (χ4v) is 2.42. The molecule has 6 nitrogen and oxygen atoms in total. The zero-order valence-corrected chi connectivity index (χ0v) is 9.86. The number of rotatable bonds is 3. The first kappa shape index (κ1) is 11.9. The van der Waals surface area contributed by atoms with Crippen LogP contribution in [0.5, 0.6) is 0 Å². The molecular weight excluding hydrogens is 224 g/mol. The Labute approximate surface area is 98.9 Å². The molecular formula is C11H16N2O4. The van der Waals surface area contributed by atoms with E-state index in [-0.39, 0.29) is 5.92 Å². The van der Waals surface area contributed by atoms with Gasteiger partial charge in [-0.2, -0.15) is 0 Å². The van der Waals surface area contributed by atoms with Gasteiger partial charge in [-0.25, -0.2) is 20.0 Å². The Morgan fingerprint density at radius 2 is 2.06 bits per heavy atom. The number of hydrogen-bond donors (Lipinski definition) is 3. The van der Waals surface area contributed by atoms with Crippen LogP contribution in [0.3, 0.4) is 0 Å². The lowest BCUT2D eigenvalue weighted by Crippen LogP contribution is -2.54. The molecule has 6 heteroatoms. The molecule has 1 heterocycles. The van der Waals surface area contributed by atoms with Crippen molar-refractivity contribution in [3.05, 3.63) is 11.3 Å². The summed E-state index contributed by atoms with van der Waals surface area (Å²) in [6.45, 7) is 3.45. The van der Waals surface area contributed by atoms with Crippen LogP contribution in [-0.4, -0.2) is 32.8 Å². The van der Waals surface area contributed by atoms with Crippen molar-refractivity contribution in [3.63, 3.8) is 0 Å². The molecule has 17 heavy (non-hydrogen) atoms. The summed E-state index contributed by atoms with van der Waals surface area (Å²) in [6, 6.07) is 0. The predicted octanol–water partition coefficient (Wildman–Crippen LogP) is 1.40. The van der Waals surface area contributed by atoms with Gasteiger partial charge in [0.15, 0.2) is 5.54 Å². The number of nitrogens with zero attached hydrogens (tertiary/aromatic N) is 1. The molecule has 0 spiro atoms. The number of carbonyl (C=O) groups is 2. The molecule has 1 amide bonds. The number of aliphatic carboxylic acids is 1. The molecule has 1 aliphatic heterocycles. The van der Waals surface area contributed by atoms with E-state index in [1.54, 1.807) is 13.8 Å². The Kier molecular flexibility index (Phi) is 2.61. The molecule has 0 aromatic heterocycles. The van der Waals surface area contributed by atoms with Crippen molar-refractivity contribution < 1.29 is 19.8 Å². The normalized spacial score (nSPS) is 28.7. The quantitative estimate of drug-likeness (QED) is 0.693. The maximum absolute atomic E-state index is 11.4. The van der Waals surface area contributed by atoms with Crippen molar-refractivity contribution in [1.29, 1.82) is 0 Å². The van der Waals surface area contributed by atoms with Crippen LogP contribution in [0.15, 0.2) is 11.3 Å². The third-order valence-electron chi connectivity index (χ3n) is 3.62. The summed E-state index contributed by atoms with van der Waals surface area (Å²) in [7, 11) is 0. The predicted molar refractivity (Wildman–Crippen MR) is 59.1 cm³/mol. The van der Waals surface area contributed by atoms with Crippen molar-refractivity contribution in [3.8, 4) is 0 Å². The monoisotopic (exact) mass is 240 g/mol. The van der Waals surface area contributed by atoms with Crippen LogP contribution in [-0.2, 0) is 4.79 Å². The van der Waals surface area contributed by atoms with Crippen LogP contribution in [0.25, 0.3) is 0 Å². The number of amides is 1. The minimum Gasteiger partial charge on any atom is -0.480 e. The average Bonchev–Trinajstić information content (AvgIpc) is 3.03. The number of hydrazine groups is 1. The third-order valence-corrected chi connectivity index (χ3v) is 3.62. The summed E-state index contributed by atoms with van der Waals surface area (Å²) >= 11 is 0. The largest absolute Gasteiger partial charge is 0.480 e. The van der Waals surface area contributed by atoms with E-state index in [1.165, 1.54) is 0 Å². The van der Waals surface area contributed by atoms with Crippen molar-refractivity contribution in [2.45, 2.75) is 38.6 Å². The molecule has 1 saturated carbocycles. The first-order valence-corrected chi connectivity index (χ1v) is 5.69. The number of hydrogen-bond acceptors (Lipinski definition) is 3. The molecule has 2 rings (SSSR count). The van der Waals surface area contributed by atoms with E-state index in [0.29, 0.717) is 17.7 Å². The van der Waals surface area contributed by atoms with Crippen LogP contribution in [0, 0.1) is 5.92 Å². The second kappa shape index (κ2) is 3.73. The summed E-state index contributed by atoms with van der Waals surface area (Å²) in [5.74, 6) is -0.842. The maximum Gasteiger partial charge on any atom is 0.426 e. The molecule has 1 unspecified atom stereocenters. The first-order chi connectivity index (χ1) is 7.94. The van der Waals surface area contributed by atoms with Crippen LogP contribution in [0.2, 0.25) is 0 Å². The van der Waals surface area contributed by atoms with E-state index < -0.39 is 17.6 Å². The lowest BCUT2D eigenvalue weighted by atomic mass is 9.88. The van der Waals surface area contributed by atoms with Gasteiger partial charge in [-0.3, -0.25) is 0 Å². The van der Waals surface area contributed by atoms with E-state index in [1.807, 2.05) is 0 Å². The van der Waals surface area contributed by atoms with Crippen molar-refractivity contribution in [1.82, 2.24) is 10.4 Å². The number of carboxylic acids is 1. The summed E-state index contributed by atoms with van der Waals surface area (Å²) in [5.41, 5.74) is 2.62. The van der Waals surface area contributed by atoms with Gasteiger partial charge in [-0.1, -0.05) is 6.92 Å². The van der Waals surface area contributed by atoms with E-state index in [0.717, 1.165) is 17.9 Å². The Bertz CT molecular complexity index is 414. The second-order valence-corrected chi connectivity index (χ2v) is 4.58. The number of allylic oxidation sites excluding steroid dienone is 1. The van der Waals surface area contributed by atoms with Crippen molar-refractivity contribution in [2.24, 2.45) is 5.92 Å². The summed E-state index contributed by atoms with van der Waals surface area (Å²) < 4.78 is 0. The molecule has 0 aromatic rings. The van der Waals surface area contributed by atoms with E-state index in [2.05, 4.69) is 5.43 Å². The van der Waals surface area contributed by atoms with Crippen molar-refractivity contribution >= 4 is 12.1 Å². The minimum atomic E-state index is -1.27. The molecule has 0 radical (unpaired) electrons. The molecule has 94 valence electrons. The summed E-state index contributed by atoms with van der Waals surface area (Å²) in [4.78, 5) is 22.6. The van der Waals surface area contributed by atoms with Crippen LogP contribution >= 0.6 is 0 Å². The summed E-state index contributed by atoms with van der Waals surface area (Å²) in [6.07, 6.45) is 1.02. The highest BCUT2D eigenvalue weighted by Crippen LogP contribution is 2.45. The van der Waals surface area contributed by atoms with Gasteiger partial charge in [0.25, 0.3) is 0 Å². The Morgan fingerprint density at radius 3 is 2.41 bits per heavy atom. The first-order valence-electron chi connectivity index (χ1n) is 5.69. The molecule has 1 fully saturated rings. The molecule has 2 aliphatic rings. The van der Waals surface area contributed by atoms with E-state index in [4.69, 9.17) is 5.11 Å². The van der Waals surface area contributed by atoms with Crippen LogP contribution < -0.4 is 5.43 Å². The third kappa shape index (κ3) is 1.59. The van der Waals surface area contributed by atoms with Gasteiger partial charge in [0.2, 0.25) is 0 Å². The fourth-order valence-electron chi connectivity index (χ4n) is 2.42. The standard InChI is InChI=1S/C11H16N2O4/c1-3-11(9(14)15)6(2)8(7-4-5-7)13(12-11)10(16)17/h7,12H,3-5H2,1-2H3,(H,14,15)(H,16,17). The van der Waals surface area contributed by atoms with Gasteiger partial charge >= 0.3 is 12.1 Å². The number of nitrogens with one attached hydrogen (secondary N) is 1. The van der Waals surface area contributed by atoms with Gasteiger partial charge < -0.3 is 10.2 Å². The van der Waals surface area contributed by atoms with Gasteiger partial charge in [0.05, 0.1) is 0 Å². The van der Waals surface area contributed by atoms with E-state index >= 15 is 0 Å². The lowest BCUT2D eigenvalue weighted by molar-refractivity contribution is -0.144. The average molecular weight is 240 g/mol. The van der Waals surface area contributed by atoms with Crippen molar-refractivity contribution in [2.75, 3.05) is 0 Å². The number of carboxylic acid groups (broad SMARTS) is 2. The fraction of sp³-hybridized carbons (Fsp3) is 0.636. The second-order valence-electron chi connectivity index (χ2n) is 4.58. The van der Waals surface area contributed by atoms with Crippen LogP contribution in [0.4, 0.5) is 4.79 Å². The van der Waals surface area contributed by atoms with Crippen LogP contribution in [0.1, 0.15) is 33.1 Å². The highest BCUT2D eigenvalue weighted by molar-refractivity contribution is 5.86. The SMILES string of the molecule is CCC1(C(=O)O)NN(C(=O)O)C(C2CC2)=C1C. The Balaban J connectivity index is 2.47. The van der Waals surface area contributed by atoms with Gasteiger partial charge in [0.1, 0.15) is 0 Å². The molecule has 1 atom stereocenters. The molecule has 0 saturated heterocycles. The highest BCUT2D eigenvalue weighted by Gasteiger charge is 2.52. The molecule has 0 bridgehead atoms. The smallest absolute Gasteiger partial charge is 0.426 e. The van der Waals surface area contributed by atoms with Gasteiger partial charge in [0, 0.05) is 11.6 Å². The Hall–Kier alpha value is -1.56. The zero-order chi connectivity index (χ0) is 12.8. The maximum atomic E-state index is 11.4. The van der Waals surface area contributed by atoms with Gasteiger partial charge in [-0.05, 0) is 31.8 Å². The van der Waals surface area contributed by atoms with Gasteiger partial charge in [-0.15, -0.1) is 0 Å². The zero-order valence-electron chi connectivity index (χ0n) is 9.86. The van der Waals surface area contributed by atoms with E-state index in [9.17, 15) is 14.7 Å². The Morgan fingerprint density at radius 1 is 1.47 bits per heavy atom. The topological polar surface area (TPSA) is 89.9 Å². The highest BCUT2D eigenvalue weighted by atomic mass is 16.4. The summed E-state index contributed by atoms with van der Waals surface area (Å²) in [5, 5.41) is 19.5. The minimum absolute atomic E-state index is 0.186.